The molecule has 5 nitrogen and oxygen atoms in total. The van der Waals surface area contributed by atoms with E-state index in [9.17, 15) is 21.6 Å². The fraction of sp³-hybridized carbons (Fsp3) is 0.333. The molecular weight excluding hydrogens is 417 g/mol. The Morgan fingerprint density at radius 3 is 2.40 bits per heavy atom. The zero-order valence-corrected chi connectivity index (χ0v) is 17.4. The molecule has 9 heteroatoms. The molecule has 0 bridgehead atoms. The molecule has 0 heterocycles. The van der Waals surface area contributed by atoms with Crippen LogP contribution in [0.5, 0.6) is 5.75 Å². The highest BCUT2D eigenvalue weighted by molar-refractivity contribution is 7.89. The van der Waals surface area contributed by atoms with Crippen molar-refractivity contribution in [2.24, 2.45) is 11.1 Å². The number of benzene rings is 2. The van der Waals surface area contributed by atoms with Crippen molar-refractivity contribution < 1.29 is 27.8 Å². The van der Waals surface area contributed by atoms with Gasteiger partial charge < -0.3 is 9.64 Å². The van der Waals surface area contributed by atoms with Crippen LogP contribution in [0, 0.1) is 23.4 Å². The van der Waals surface area contributed by atoms with Crippen LogP contribution in [0.15, 0.2) is 47.4 Å². The van der Waals surface area contributed by atoms with Crippen LogP contribution >= 0.6 is 0 Å². The van der Waals surface area contributed by atoms with E-state index in [1.165, 1.54) is 12.1 Å². The standard InChI is InChI=1S/C21H23F3N2O3S.H2/c1-26(2)19-5-3-4-15(13-6-8-14(22)9-7-13)16(19)12-29-20-10-18(24)21(11-17(20)23)30(25,27)28;/h4,6-11,16,19H,3,5,12H2,1-2H3,(H2,25,27,28);1H/t16-,19?;/m1./s1. The highest BCUT2D eigenvalue weighted by atomic mass is 32.2. The topological polar surface area (TPSA) is 72.6 Å². The number of hydrogen-bond acceptors (Lipinski definition) is 4. The van der Waals surface area contributed by atoms with Crippen LogP contribution in [-0.2, 0) is 10.0 Å². The number of hydrogen-bond donors (Lipinski definition) is 1. The molecule has 0 fully saturated rings. The highest BCUT2D eigenvalue weighted by Gasteiger charge is 2.31. The van der Waals surface area contributed by atoms with Crippen LogP contribution in [0.3, 0.4) is 0 Å². The SMILES string of the molecule is CN(C)C1CCC=C(c2ccc(F)cc2)[C@H]1COc1cc(F)c(S(N)(=O)=O)cc1F.[HH]. The summed E-state index contributed by atoms with van der Waals surface area (Å²) in [4.78, 5) is 1.11. The van der Waals surface area contributed by atoms with Crippen LogP contribution in [0.1, 0.15) is 19.8 Å². The summed E-state index contributed by atoms with van der Waals surface area (Å²) in [6, 6.07) is 7.35. The van der Waals surface area contributed by atoms with Crippen LogP contribution in [0.25, 0.3) is 5.57 Å². The number of halogens is 3. The van der Waals surface area contributed by atoms with Crippen molar-refractivity contribution in [1.29, 1.82) is 0 Å². The summed E-state index contributed by atoms with van der Waals surface area (Å²) >= 11 is 0. The fourth-order valence-corrected chi connectivity index (χ4v) is 4.38. The third-order valence-corrected chi connectivity index (χ3v) is 6.17. The summed E-state index contributed by atoms with van der Waals surface area (Å²) in [5.41, 5.74) is 1.76. The zero-order chi connectivity index (χ0) is 22.1. The molecule has 164 valence electrons. The van der Waals surface area contributed by atoms with E-state index < -0.39 is 32.3 Å². The maximum absolute atomic E-state index is 14.4. The molecule has 1 aliphatic rings. The molecule has 0 radical (unpaired) electrons. The number of sulfonamides is 1. The number of primary sulfonamides is 1. The fourth-order valence-electron chi connectivity index (χ4n) is 3.78. The summed E-state index contributed by atoms with van der Waals surface area (Å²) in [5.74, 6) is -3.15. The molecule has 0 aromatic heterocycles. The predicted octanol–water partition coefficient (Wildman–Crippen LogP) is 3.80. The first-order valence-electron chi connectivity index (χ1n) is 9.35. The number of nitrogens with two attached hydrogens (primary N) is 1. The van der Waals surface area contributed by atoms with Gasteiger partial charge >= 0.3 is 0 Å². The summed E-state index contributed by atoms with van der Waals surface area (Å²) in [6.07, 6.45) is 3.70. The van der Waals surface area contributed by atoms with Gasteiger partial charge in [0.25, 0.3) is 0 Å². The minimum atomic E-state index is -4.39. The van der Waals surface area contributed by atoms with Gasteiger partial charge in [-0.2, -0.15) is 0 Å². The van der Waals surface area contributed by atoms with E-state index in [1.807, 2.05) is 25.1 Å². The number of ether oxygens (including phenoxy) is 1. The van der Waals surface area contributed by atoms with Crippen molar-refractivity contribution in [2.45, 2.75) is 23.8 Å². The molecule has 0 saturated heterocycles. The first-order valence-corrected chi connectivity index (χ1v) is 10.9. The Morgan fingerprint density at radius 1 is 1.13 bits per heavy atom. The van der Waals surface area contributed by atoms with E-state index in [0.717, 1.165) is 24.0 Å². The highest BCUT2D eigenvalue weighted by Crippen LogP contribution is 2.36. The quantitative estimate of drug-likeness (QED) is 0.739. The van der Waals surface area contributed by atoms with Gasteiger partial charge in [-0.3, -0.25) is 0 Å². The van der Waals surface area contributed by atoms with Gasteiger partial charge in [0.15, 0.2) is 11.6 Å². The van der Waals surface area contributed by atoms with Crippen molar-refractivity contribution in [2.75, 3.05) is 20.7 Å². The Hall–Kier alpha value is -2.36. The van der Waals surface area contributed by atoms with E-state index in [-0.39, 0.29) is 25.8 Å². The van der Waals surface area contributed by atoms with Gasteiger partial charge in [-0.15, -0.1) is 0 Å². The molecule has 1 unspecified atom stereocenters. The second kappa shape index (κ2) is 8.79. The minimum absolute atomic E-state index is 0. The van der Waals surface area contributed by atoms with E-state index in [2.05, 4.69) is 0 Å². The van der Waals surface area contributed by atoms with Gasteiger partial charge in [0.1, 0.15) is 16.5 Å². The molecule has 0 saturated carbocycles. The van der Waals surface area contributed by atoms with Gasteiger partial charge in [0, 0.05) is 25.5 Å². The summed E-state index contributed by atoms with van der Waals surface area (Å²) in [7, 11) is -0.547. The van der Waals surface area contributed by atoms with Gasteiger partial charge in [0.2, 0.25) is 10.0 Å². The normalized spacial score (nSPS) is 19.6. The molecule has 30 heavy (non-hydrogen) atoms. The van der Waals surface area contributed by atoms with Gasteiger partial charge in [-0.25, -0.2) is 26.7 Å². The van der Waals surface area contributed by atoms with Crippen LogP contribution in [0.2, 0.25) is 0 Å². The smallest absolute Gasteiger partial charge is 0.241 e. The Kier molecular flexibility index (Phi) is 6.54. The first-order chi connectivity index (χ1) is 14.1. The number of nitrogens with zero attached hydrogens (tertiary/aromatic N) is 1. The van der Waals surface area contributed by atoms with Crippen molar-refractivity contribution in [3.05, 3.63) is 65.5 Å². The summed E-state index contributed by atoms with van der Waals surface area (Å²) in [5, 5.41) is 4.90. The van der Waals surface area contributed by atoms with Crippen LogP contribution in [0.4, 0.5) is 13.2 Å². The maximum atomic E-state index is 14.4. The summed E-state index contributed by atoms with van der Waals surface area (Å²) < 4.78 is 70.1. The molecule has 0 aliphatic heterocycles. The predicted molar refractivity (Wildman–Crippen MR) is 110 cm³/mol. The molecular formula is C21H25F3N2O3S. The second-order valence-corrected chi connectivity index (χ2v) is 8.98. The van der Waals surface area contributed by atoms with Crippen molar-refractivity contribution in [3.8, 4) is 5.75 Å². The van der Waals surface area contributed by atoms with Gasteiger partial charge in [-0.05, 0) is 50.2 Å². The average molecular weight is 443 g/mol. The van der Waals surface area contributed by atoms with Crippen LogP contribution in [-0.4, -0.2) is 40.1 Å². The number of allylic oxidation sites excluding steroid dienone is 1. The minimum Gasteiger partial charge on any atom is -0.490 e. The first kappa shape index (κ1) is 22.3. The van der Waals surface area contributed by atoms with E-state index >= 15 is 0 Å². The molecule has 3 rings (SSSR count). The van der Waals surface area contributed by atoms with E-state index in [4.69, 9.17) is 9.88 Å². The molecule has 0 amide bonds. The molecule has 2 aromatic rings. The van der Waals surface area contributed by atoms with E-state index in [1.54, 1.807) is 12.1 Å². The molecule has 2 N–H and O–H groups in total. The lowest BCUT2D eigenvalue weighted by Crippen LogP contribution is -2.40. The molecule has 2 atom stereocenters. The van der Waals surface area contributed by atoms with Gasteiger partial charge in [0.05, 0.1) is 6.61 Å². The maximum Gasteiger partial charge on any atom is 0.241 e. The average Bonchev–Trinajstić information content (AvgIpc) is 2.67. The molecule has 0 spiro atoms. The monoisotopic (exact) mass is 442 g/mol. The largest absolute Gasteiger partial charge is 0.490 e. The van der Waals surface area contributed by atoms with Crippen molar-refractivity contribution in [1.82, 2.24) is 4.90 Å². The van der Waals surface area contributed by atoms with Crippen molar-refractivity contribution in [3.63, 3.8) is 0 Å². The lowest BCUT2D eigenvalue weighted by Gasteiger charge is -2.37. The number of rotatable bonds is 6. The van der Waals surface area contributed by atoms with Gasteiger partial charge in [-0.1, -0.05) is 18.2 Å². The molecule has 1 aliphatic carbocycles. The second-order valence-electron chi connectivity index (χ2n) is 7.45. The lowest BCUT2D eigenvalue weighted by atomic mass is 9.80. The third-order valence-electron chi connectivity index (χ3n) is 5.24. The van der Waals surface area contributed by atoms with Crippen LogP contribution < -0.4 is 9.88 Å². The zero-order valence-electron chi connectivity index (χ0n) is 16.6. The Labute approximate surface area is 175 Å². The summed E-state index contributed by atoms with van der Waals surface area (Å²) in [6.45, 7) is 0.0249. The lowest BCUT2D eigenvalue weighted by molar-refractivity contribution is 0.164. The van der Waals surface area contributed by atoms with Crippen molar-refractivity contribution >= 4 is 15.6 Å². The Balaban J connectivity index is 0.00000341. The Bertz CT molecular complexity index is 1060. The Morgan fingerprint density at radius 2 is 1.80 bits per heavy atom. The third kappa shape index (κ3) is 4.85. The molecule has 2 aromatic carbocycles. The van der Waals surface area contributed by atoms with E-state index in [0.29, 0.717) is 12.1 Å².